The van der Waals surface area contributed by atoms with Crippen LogP contribution in [0.25, 0.3) is 44.0 Å². The van der Waals surface area contributed by atoms with Crippen molar-refractivity contribution in [2.75, 3.05) is 0 Å². The number of pyridine rings is 1. The number of nitrogens with zero attached hydrogens (tertiary/aromatic N) is 1. The van der Waals surface area contributed by atoms with Gasteiger partial charge in [-0.05, 0) is 59.0 Å². The van der Waals surface area contributed by atoms with E-state index < -0.39 is 12.7 Å². The van der Waals surface area contributed by atoms with Gasteiger partial charge in [0.15, 0.2) is 6.20 Å². The molecule has 3 aromatic carbocycles. The fraction of sp³-hybridized carbons (Fsp3) is 0.192. The molecule has 1 unspecified atom stereocenters. The molecule has 0 radical (unpaired) electrons. The van der Waals surface area contributed by atoms with Crippen LogP contribution in [0.15, 0.2) is 71.3 Å². The molecule has 2 heterocycles. The smallest absolute Gasteiger partial charge is 0.212 e. The molecule has 28 heavy (non-hydrogen) atoms. The quantitative estimate of drug-likeness (QED) is 0.317. The monoisotopic (exact) mass is 370 g/mol. The van der Waals surface area contributed by atoms with Crippen LogP contribution in [0, 0.1) is 6.92 Å². The summed E-state index contributed by atoms with van der Waals surface area (Å²) in [6, 6.07) is 20.1. The van der Waals surface area contributed by atoms with E-state index in [0.29, 0.717) is 5.56 Å². The van der Waals surface area contributed by atoms with E-state index in [1.807, 2.05) is 49.0 Å². The van der Waals surface area contributed by atoms with Crippen molar-refractivity contribution in [2.24, 2.45) is 7.05 Å². The van der Waals surface area contributed by atoms with E-state index in [-0.39, 0.29) is 0 Å². The fourth-order valence-corrected chi connectivity index (χ4v) is 3.96. The summed E-state index contributed by atoms with van der Waals surface area (Å²) in [7, 11) is 1.92. The summed E-state index contributed by atoms with van der Waals surface area (Å²) < 4.78 is 40.1. The minimum Gasteiger partial charge on any atom is -0.456 e. The zero-order valence-electron chi connectivity index (χ0n) is 20.2. The number of aromatic nitrogens is 1. The highest BCUT2D eigenvalue weighted by molar-refractivity contribution is 6.10. The number of fused-ring (bicyclic) bond motifs is 4. The molecule has 0 saturated carbocycles. The zero-order valence-corrected chi connectivity index (χ0v) is 16.2. The van der Waals surface area contributed by atoms with Crippen molar-refractivity contribution >= 4 is 32.7 Å². The molecule has 0 saturated heterocycles. The summed E-state index contributed by atoms with van der Waals surface area (Å²) in [5.74, 6) is -1.70. The van der Waals surface area contributed by atoms with E-state index in [0.717, 1.165) is 44.1 Å². The number of rotatable bonds is 2. The standard InChI is InChI=1S/C26H24NO/c1-16(2)18-9-10-27(4)24(13-18)21-15-26-22(11-17(21)3)23-12-19-7-5-6-8-20(19)14-25(23)28-26/h5-16H,1-4H3/q+1/i1D3,16D. The number of aryl methyl sites for hydroxylation is 2. The van der Waals surface area contributed by atoms with Gasteiger partial charge in [0.05, 0.1) is 5.56 Å². The van der Waals surface area contributed by atoms with Crippen molar-refractivity contribution in [3.05, 3.63) is 78.0 Å². The Kier molecular flexibility index (Phi) is 2.90. The first-order chi connectivity index (χ1) is 15.1. The molecule has 0 aliphatic carbocycles. The lowest BCUT2D eigenvalue weighted by atomic mass is 9.97. The van der Waals surface area contributed by atoms with E-state index in [4.69, 9.17) is 9.90 Å². The van der Waals surface area contributed by atoms with Crippen LogP contribution in [0.4, 0.5) is 0 Å². The lowest BCUT2D eigenvalue weighted by Crippen LogP contribution is -2.30. The van der Waals surface area contributed by atoms with Gasteiger partial charge in [-0.3, -0.25) is 0 Å². The van der Waals surface area contributed by atoms with Crippen LogP contribution in [0.5, 0.6) is 0 Å². The lowest BCUT2D eigenvalue weighted by Gasteiger charge is -2.09. The lowest BCUT2D eigenvalue weighted by molar-refractivity contribution is -0.660. The average Bonchev–Trinajstić information content (AvgIpc) is 3.07. The van der Waals surface area contributed by atoms with Gasteiger partial charge in [0.25, 0.3) is 0 Å². The van der Waals surface area contributed by atoms with Gasteiger partial charge in [0, 0.05) is 28.4 Å². The van der Waals surface area contributed by atoms with Gasteiger partial charge >= 0.3 is 0 Å². The topological polar surface area (TPSA) is 17.0 Å². The SMILES string of the molecule is [2H]C([2H])([2H])C([2H])(C)c1cc[n+](C)c(-c2cc3oc4cc5ccccc5cc4c3cc2C)c1. The van der Waals surface area contributed by atoms with Crippen LogP contribution in [-0.4, -0.2) is 0 Å². The molecule has 0 spiro atoms. The number of furan rings is 1. The van der Waals surface area contributed by atoms with Gasteiger partial charge in [-0.25, -0.2) is 4.57 Å². The molecule has 5 rings (SSSR count). The summed E-state index contributed by atoms with van der Waals surface area (Å²) in [6.45, 7) is 1.06. The molecule has 0 fully saturated rings. The van der Waals surface area contributed by atoms with Crippen molar-refractivity contribution in [3.8, 4) is 11.3 Å². The molecule has 0 aliphatic heterocycles. The first-order valence-electron chi connectivity index (χ1n) is 11.4. The largest absolute Gasteiger partial charge is 0.456 e. The molecule has 5 aromatic rings. The van der Waals surface area contributed by atoms with Crippen LogP contribution >= 0.6 is 0 Å². The maximum absolute atomic E-state index is 8.49. The minimum atomic E-state index is -2.43. The molecule has 138 valence electrons. The van der Waals surface area contributed by atoms with E-state index in [2.05, 4.69) is 30.3 Å². The Morgan fingerprint density at radius 3 is 2.46 bits per heavy atom. The second kappa shape index (κ2) is 6.20. The number of hydrogen-bond donors (Lipinski definition) is 0. The zero-order chi connectivity index (χ0) is 22.8. The Labute approximate surface area is 170 Å². The maximum Gasteiger partial charge on any atom is 0.212 e. The molecule has 2 nitrogen and oxygen atoms in total. The summed E-state index contributed by atoms with van der Waals surface area (Å²) in [4.78, 5) is 0. The Bertz CT molecular complexity index is 1510. The van der Waals surface area contributed by atoms with E-state index in [1.165, 1.54) is 12.3 Å². The van der Waals surface area contributed by atoms with E-state index in [1.54, 1.807) is 6.07 Å². The fourth-order valence-electron chi connectivity index (χ4n) is 3.96. The van der Waals surface area contributed by atoms with Crippen LogP contribution in [0.2, 0.25) is 0 Å². The molecular formula is C26H24NO+. The Hall–Kier alpha value is -3.13. The van der Waals surface area contributed by atoms with Gasteiger partial charge in [-0.2, -0.15) is 0 Å². The third-order valence-electron chi connectivity index (χ3n) is 5.54. The van der Waals surface area contributed by atoms with Crippen LogP contribution in [0.3, 0.4) is 0 Å². The highest BCUT2D eigenvalue weighted by Gasteiger charge is 2.18. The van der Waals surface area contributed by atoms with Crippen molar-refractivity contribution in [2.45, 2.75) is 26.6 Å². The van der Waals surface area contributed by atoms with Crippen LogP contribution in [-0.2, 0) is 7.05 Å². The third kappa shape index (κ3) is 2.60. The van der Waals surface area contributed by atoms with Crippen LogP contribution < -0.4 is 4.57 Å². The first-order valence-corrected chi connectivity index (χ1v) is 9.42. The summed E-state index contributed by atoms with van der Waals surface area (Å²) in [5.41, 5.74) is 4.94. The van der Waals surface area contributed by atoms with Crippen molar-refractivity contribution in [3.63, 3.8) is 0 Å². The predicted octanol–water partition coefficient (Wildman–Crippen LogP) is 6.66. The molecule has 2 heteroatoms. The Morgan fingerprint density at radius 2 is 1.68 bits per heavy atom. The molecule has 0 aliphatic rings. The predicted molar refractivity (Wildman–Crippen MR) is 117 cm³/mol. The molecule has 1 atom stereocenters. The molecule has 0 amide bonds. The normalized spacial score (nSPS) is 16.5. The molecule has 0 N–H and O–H groups in total. The van der Waals surface area contributed by atoms with Gasteiger partial charge in [-0.1, -0.05) is 38.0 Å². The van der Waals surface area contributed by atoms with Crippen molar-refractivity contribution in [1.82, 2.24) is 0 Å². The highest BCUT2D eigenvalue weighted by atomic mass is 16.3. The molecular weight excluding hydrogens is 342 g/mol. The first kappa shape index (κ1) is 13.1. The average molecular weight is 371 g/mol. The maximum atomic E-state index is 8.49. The van der Waals surface area contributed by atoms with Gasteiger partial charge in [-0.15, -0.1) is 0 Å². The second-order valence-corrected chi connectivity index (χ2v) is 7.50. The molecule has 0 bridgehead atoms. The Morgan fingerprint density at radius 1 is 0.964 bits per heavy atom. The second-order valence-electron chi connectivity index (χ2n) is 7.50. The number of hydrogen-bond acceptors (Lipinski definition) is 1. The minimum absolute atomic E-state index is 0.459. The van der Waals surface area contributed by atoms with Gasteiger partial charge in [0.1, 0.15) is 18.2 Å². The van der Waals surface area contributed by atoms with Crippen molar-refractivity contribution in [1.29, 1.82) is 0 Å². The van der Waals surface area contributed by atoms with E-state index >= 15 is 0 Å². The van der Waals surface area contributed by atoms with E-state index in [9.17, 15) is 0 Å². The van der Waals surface area contributed by atoms with Gasteiger partial charge < -0.3 is 4.42 Å². The summed E-state index contributed by atoms with van der Waals surface area (Å²) in [6.07, 6.45) is 1.82. The third-order valence-corrected chi connectivity index (χ3v) is 5.54. The van der Waals surface area contributed by atoms with Crippen molar-refractivity contribution < 1.29 is 14.5 Å². The van der Waals surface area contributed by atoms with Crippen LogP contribution in [0.1, 0.15) is 36.3 Å². The molecule has 2 aromatic heterocycles. The van der Waals surface area contributed by atoms with Gasteiger partial charge in [0.2, 0.25) is 5.69 Å². The summed E-state index contributed by atoms with van der Waals surface area (Å²) in [5, 5.41) is 4.43. The highest BCUT2D eigenvalue weighted by Crippen LogP contribution is 2.36. The number of benzene rings is 3. The Balaban J connectivity index is 1.73. The summed E-state index contributed by atoms with van der Waals surface area (Å²) >= 11 is 0.